The van der Waals surface area contributed by atoms with E-state index in [1.54, 1.807) is 0 Å². The van der Waals surface area contributed by atoms with E-state index in [9.17, 15) is 17.6 Å². The van der Waals surface area contributed by atoms with Crippen LogP contribution in [0.2, 0.25) is 0 Å². The summed E-state index contributed by atoms with van der Waals surface area (Å²) in [4.78, 5) is 0. The van der Waals surface area contributed by atoms with E-state index in [4.69, 9.17) is 4.74 Å². The Balaban J connectivity index is 1.68. The van der Waals surface area contributed by atoms with Gasteiger partial charge in [-0.2, -0.15) is 4.39 Å². The predicted molar refractivity (Wildman–Crippen MR) is 116 cm³/mol. The summed E-state index contributed by atoms with van der Waals surface area (Å²) in [6.45, 7) is 2.21. The fraction of sp³-hybridized carbons (Fsp3) is 0.538. The van der Waals surface area contributed by atoms with Crippen LogP contribution >= 0.6 is 0 Å². The molecular weight excluding hydrogens is 404 g/mol. The van der Waals surface area contributed by atoms with E-state index in [-0.39, 0.29) is 22.8 Å². The first-order valence-electron chi connectivity index (χ1n) is 11.5. The molecule has 0 heterocycles. The molecule has 170 valence electrons. The van der Waals surface area contributed by atoms with Crippen molar-refractivity contribution in [3.63, 3.8) is 0 Å². The quantitative estimate of drug-likeness (QED) is 0.283. The molecule has 2 aromatic rings. The van der Waals surface area contributed by atoms with Crippen LogP contribution in [0, 0.1) is 29.2 Å². The molecule has 0 unspecified atom stereocenters. The van der Waals surface area contributed by atoms with Crippen molar-refractivity contribution < 1.29 is 22.3 Å². The number of benzene rings is 2. The van der Waals surface area contributed by atoms with Gasteiger partial charge in [0.05, 0.1) is 7.11 Å². The van der Waals surface area contributed by atoms with Crippen LogP contribution in [0.25, 0.3) is 11.1 Å². The monoisotopic (exact) mass is 436 g/mol. The van der Waals surface area contributed by atoms with Crippen LogP contribution in [0.15, 0.2) is 24.3 Å². The second-order valence-electron chi connectivity index (χ2n) is 8.69. The summed E-state index contributed by atoms with van der Waals surface area (Å²) in [5.41, 5.74) is -0.244. The molecule has 0 saturated heterocycles. The molecule has 1 aliphatic rings. The number of methoxy groups -OCH3 is 1. The summed E-state index contributed by atoms with van der Waals surface area (Å²) < 4.78 is 62.9. The lowest BCUT2D eigenvalue weighted by Gasteiger charge is -2.29. The van der Waals surface area contributed by atoms with Gasteiger partial charge in [-0.05, 0) is 55.2 Å². The lowest BCUT2D eigenvalue weighted by molar-refractivity contribution is 0.297. The van der Waals surface area contributed by atoms with Gasteiger partial charge in [0.2, 0.25) is 5.82 Å². The van der Waals surface area contributed by atoms with E-state index in [0.717, 1.165) is 25.7 Å². The zero-order chi connectivity index (χ0) is 22.4. The second kappa shape index (κ2) is 11.0. The first-order chi connectivity index (χ1) is 15.0. The third-order valence-corrected chi connectivity index (χ3v) is 6.67. The zero-order valence-electron chi connectivity index (χ0n) is 18.5. The first kappa shape index (κ1) is 23.6. The fourth-order valence-corrected chi connectivity index (χ4v) is 4.78. The minimum Gasteiger partial charge on any atom is -0.494 e. The summed E-state index contributed by atoms with van der Waals surface area (Å²) in [6, 6.07) is 5.31. The Morgan fingerprint density at radius 2 is 1.35 bits per heavy atom. The Morgan fingerprint density at radius 1 is 0.742 bits per heavy atom. The van der Waals surface area contributed by atoms with Crippen molar-refractivity contribution >= 4 is 0 Å². The van der Waals surface area contributed by atoms with E-state index in [0.29, 0.717) is 11.5 Å². The molecule has 0 amide bonds. The topological polar surface area (TPSA) is 9.23 Å². The molecule has 0 aromatic heterocycles. The molecule has 5 heteroatoms. The molecule has 1 aliphatic carbocycles. The SMILES string of the molecule is CCCCCCCC1CCC(c2ccc(-c3ccc(OC)c(F)c3F)c(F)c2F)CC1. The van der Waals surface area contributed by atoms with Crippen molar-refractivity contribution in [2.75, 3.05) is 7.11 Å². The Hall–Kier alpha value is -2.04. The van der Waals surface area contributed by atoms with Gasteiger partial charge in [-0.15, -0.1) is 0 Å². The summed E-state index contributed by atoms with van der Waals surface area (Å²) >= 11 is 0. The van der Waals surface area contributed by atoms with Crippen molar-refractivity contribution in [3.05, 3.63) is 53.1 Å². The number of unbranched alkanes of at least 4 members (excludes halogenated alkanes) is 4. The van der Waals surface area contributed by atoms with E-state index >= 15 is 0 Å². The molecule has 0 N–H and O–H groups in total. The Kier molecular flexibility index (Phi) is 8.39. The first-order valence-corrected chi connectivity index (χ1v) is 11.5. The van der Waals surface area contributed by atoms with E-state index < -0.39 is 23.3 Å². The zero-order valence-corrected chi connectivity index (χ0v) is 18.5. The van der Waals surface area contributed by atoms with Crippen molar-refractivity contribution in [3.8, 4) is 16.9 Å². The number of ether oxygens (including phenoxy) is 1. The van der Waals surface area contributed by atoms with Gasteiger partial charge in [0.1, 0.15) is 0 Å². The standard InChI is InChI=1S/C26H32F4O/c1-3-4-5-6-7-8-17-9-11-18(12-10-17)19-13-14-20(24(28)23(19)27)21-15-16-22(31-2)26(30)25(21)29/h13-18H,3-12H2,1-2H3. The summed E-state index contributed by atoms with van der Waals surface area (Å²) in [7, 11) is 1.22. The number of rotatable bonds is 9. The van der Waals surface area contributed by atoms with E-state index in [1.165, 1.54) is 69.9 Å². The smallest absolute Gasteiger partial charge is 0.201 e. The van der Waals surface area contributed by atoms with Gasteiger partial charge in [0.25, 0.3) is 0 Å². The van der Waals surface area contributed by atoms with Crippen LogP contribution in [0.5, 0.6) is 5.75 Å². The minimum atomic E-state index is -1.25. The van der Waals surface area contributed by atoms with Crippen molar-refractivity contribution in [1.29, 1.82) is 0 Å². The van der Waals surface area contributed by atoms with Crippen LogP contribution in [0.1, 0.15) is 82.6 Å². The Bertz CT molecular complexity index is 872. The van der Waals surface area contributed by atoms with Gasteiger partial charge in [-0.3, -0.25) is 0 Å². The molecule has 1 fully saturated rings. The molecule has 0 aliphatic heterocycles. The minimum absolute atomic E-state index is 0.0302. The number of hydrogen-bond donors (Lipinski definition) is 0. The molecule has 2 aromatic carbocycles. The Morgan fingerprint density at radius 3 is 2.00 bits per heavy atom. The van der Waals surface area contributed by atoms with Crippen LogP contribution in [-0.4, -0.2) is 7.11 Å². The third kappa shape index (κ3) is 5.42. The molecule has 1 saturated carbocycles. The fourth-order valence-electron chi connectivity index (χ4n) is 4.78. The highest BCUT2D eigenvalue weighted by Crippen LogP contribution is 2.41. The van der Waals surface area contributed by atoms with Gasteiger partial charge in [-0.1, -0.05) is 57.6 Å². The van der Waals surface area contributed by atoms with E-state index in [2.05, 4.69) is 6.92 Å². The Labute approximate surface area is 182 Å². The highest BCUT2D eigenvalue weighted by atomic mass is 19.2. The average Bonchev–Trinajstić information content (AvgIpc) is 2.78. The molecule has 3 rings (SSSR count). The summed E-state index contributed by atoms with van der Waals surface area (Å²) in [5.74, 6) is -4.17. The van der Waals surface area contributed by atoms with Gasteiger partial charge in [-0.25, -0.2) is 13.2 Å². The van der Waals surface area contributed by atoms with E-state index in [1.807, 2.05) is 0 Å². The molecule has 0 spiro atoms. The lowest BCUT2D eigenvalue weighted by Crippen LogP contribution is -2.15. The summed E-state index contributed by atoms with van der Waals surface area (Å²) in [5, 5.41) is 0. The molecule has 0 bridgehead atoms. The second-order valence-corrected chi connectivity index (χ2v) is 8.69. The average molecular weight is 437 g/mol. The maximum absolute atomic E-state index is 14.9. The lowest BCUT2D eigenvalue weighted by atomic mass is 9.76. The van der Waals surface area contributed by atoms with Crippen LogP contribution in [0.3, 0.4) is 0 Å². The van der Waals surface area contributed by atoms with Crippen molar-refractivity contribution in [2.24, 2.45) is 5.92 Å². The molecule has 1 nitrogen and oxygen atoms in total. The van der Waals surface area contributed by atoms with Crippen molar-refractivity contribution in [1.82, 2.24) is 0 Å². The molecule has 0 atom stereocenters. The molecule has 0 radical (unpaired) electrons. The highest BCUT2D eigenvalue weighted by Gasteiger charge is 2.27. The number of hydrogen-bond acceptors (Lipinski definition) is 1. The highest BCUT2D eigenvalue weighted by molar-refractivity contribution is 5.66. The van der Waals surface area contributed by atoms with Gasteiger partial charge in [0, 0.05) is 11.1 Å². The summed E-state index contributed by atoms with van der Waals surface area (Å²) in [6.07, 6.45) is 11.3. The van der Waals surface area contributed by atoms with Crippen LogP contribution in [0.4, 0.5) is 17.6 Å². The third-order valence-electron chi connectivity index (χ3n) is 6.67. The maximum atomic E-state index is 14.9. The van der Waals surface area contributed by atoms with Gasteiger partial charge >= 0.3 is 0 Å². The van der Waals surface area contributed by atoms with Crippen molar-refractivity contribution in [2.45, 2.75) is 77.0 Å². The maximum Gasteiger partial charge on any atom is 0.201 e. The van der Waals surface area contributed by atoms with Gasteiger partial charge < -0.3 is 4.74 Å². The van der Waals surface area contributed by atoms with Crippen LogP contribution < -0.4 is 4.74 Å². The molecule has 31 heavy (non-hydrogen) atoms. The largest absolute Gasteiger partial charge is 0.494 e. The van der Waals surface area contributed by atoms with Gasteiger partial charge in [0.15, 0.2) is 23.2 Å². The normalized spacial score (nSPS) is 18.9. The molecular formula is C26H32F4O. The predicted octanol–water partition coefficient (Wildman–Crippen LogP) is 8.55. The number of halogens is 4. The van der Waals surface area contributed by atoms with Crippen LogP contribution in [-0.2, 0) is 0 Å².